The first-order chi connectivity index (χ1) is 7.72. The SMILES string of the molecule is CC1=CC=Cn2c(ncc(CO)c2=O)C=C1. The average Bonchev–Trinajstić information content (AvgIpc) is 2.26. The Bertz CT molecular complexity index is 551. The Hall–Kier alpha value is -1.94. The van der Waals surface area contributed by atoms with Gasteiger partial charge in [-0.1, -0.05) is 17.7 Å². The Morgan fingerprint density at radius 3 is 3.00 bits per heavy atom. The van der Waals surface area contributed by atoms with Crippen LogP contribution >= 0.6 is 0 Å². The van der Waals surface area contributed by atoms with Crippen LogP contribution in [0.5, 0.6) is 0 Å². The van der Waals surface area contributed by atoms with E-state index in [1.165, 1.54) is 10.8 Å². The lowest BCUT2D eigenvalue weighted by Crippen LogP contribution is -2.23. The summed E-state index contributed by atoms with van der Waals surface area (Å²) in [5.41, 5.74) is 1.15. The molecule has 4 nitrogen and oxygen atoms in total. The van der Waals surface area contributed by atoms with E-state index in [0.717, 1.165) is 5.57 Å². The van der Waals surface area contributed by atoms with Crippen LogP contribution in [0.1, 0.15) is 18.3 Å². The van der Waals surface area contributed by atoms with Crippen molar-refractivity contribution in [1.29, 1.82) is 0 Å². The maximum atomic E-state index is 11.8. The number of nitrogens with zero attached hydrogens (tertiary/aromatic N) is 2. The number of aliphatic hydroxyl groups excluding tert-OH is 1. The molecule has 82 valence electrons. The number of fused-ring (bicyclic) bond motifs is 1. The summed E-state index contributed by atoms with van der Waals surface area (Å²) < 4.78 is 1.42. The van der Waals surface area contributed by atoms with E-state index in [-0.39, 0.29) is 12.2 Å². The van der Waals surface area contributed by atoms with E-state index in [4.69, 9.17) is 5.11 Å². The van der Waals surface area contributed by atoms with Crippen LogP contribution < -0.4 is 5.56 Å². The van der Waals surface area contributed by atoms with Gasteiger partial charge < -0.3 is 5.11 Å². The van der Waals surface area contributed by atoms with Crippen molar-refractivity contribution in [1.82, 2.24) is 9.55 Å². The Labute approximate surface area is 92.9 Å². The lowest BCUT2D eigenvalue weighted by Gasteiger charge is -2.07. The normalized spacial score (nSPS) is 14.0. The van der Waals surface area contributed by atoms with Gasteiger partial charge in [0.05, 0.1) is 12.2 Å². The smallest absolute Gasteiger partial charge is 0.263 e. The summed E-state index contributed by atoms with van der Waals surface area (Å²) >= 11 is 0. The van der Waals surface area contributed by atoms with Gasteiger partial charge in [-0.15, -0.1) is 0 Å². The third-order valence-corrected chi connectivity index (χ3v) is 2.35. The van der Waals surface area contributed by atoms with Gasteiger partial charge in [0, 0.05) is 12.4 Å². The number of aliphatic hydroxyl groups is 1. The lowest BCUT2D eigenvalue weighted by atomic mass is 10.2. The molecule has 1 aromatic rings. The molecule has 2 heterocycles. The average molecular weight is 216 g/mol. The minimum Gasteiger partial charge on any atom is -0.391 e. The standard InChI is InChI=1S/C12H12N2O2/c1-9-3-2-6-14-11(5-4-9)13-7-10(8-15)12(14)16/h2-7,15H,8H2,1H3. The summed E-state index contributed by atoms with van der Waals surface area (Å²) in [6.07, 6.45) is 10.4. The highest BCUT2D eigenvalue weighted by Gasteiger charge is 2.06. The van der Waals surface area contributed by atoms with Crippen LogP contribution in [-0.2, 0) is 6.61 Å². The van der Waals surface area contributed by atoms with Gasteiger partial charge >= 0.3 is 0 Å². The van der Waals surface area contributed by atoms with Crippen LogP contribution in [-0.4, -0.2) is 14.7 Å². The second-order valence-electron chi connectivity index (χ2n) is 3.56. The molecule has 0 aromatic carbocycles. The van der Waals surface area contributed by atoms with Crippen LogP contribution in [0.4, 0.5) is 0 Å². The number of hydrogen-bond acceptors (Lipinski definition) is 3. The first kappa shape index (κ1) is 10.6. The molecular formula is C12H12N2O2. The third-order valence-electron chi connectivity index (χ3n) is 2.35. The van der Waals surface area contributed by atoms with Gasteiger partial charge in [-0.05, 0) is 19.1 Å². The second kappa shape index (κ2) is 4.28. The number of rotatable bonds is 1. The fourth-order valence-corrected chi connectivity index (χ4v) is 1.44. The minimum atomic E-state index is -0.293. The van der Waals surface area contributed by atoms with Crippen LogP contribution in [0, 0.1) is 0 Å². The van der Waals surface area contributed by atoms with Crippen molar-refractivity contribution in [2.24, 2.45) is 0 Å². The van der Waals surface area contributed by atoms with E-state index in [0.29, 0.717) is 11.4 Å². The fourth-order valence-electron chi connectivity index (χ4n) is 1.44. The summed E-state index contributed by atoms with van der Waals surface area (Å²) in [6.45, 7) is 1.68. The van der Waals surface area contributed by atoms with E-state index in [2.05, 4.69) is 4.98 Å². The molecule has 0 atom stereocenters. The molecule has 16 heavy (non-hydrogen) atoms. The van der Waals surface area contributed by atoms with Gasteiger partial charge in [-0.2, -0.15) is 0 Å². The maximum absolute atomic E-state index is 11.8. The molecule has 2 rings (SSSR count). The van der Waals surface area contributed by atoms with Crippen LogP contribution in [0.25, 0.3) is 12.3 Å². The van der Waals surface area contributed by atoms with Crippen LogP contribution in [0.3, 0.4) is 0 Å². The van der Waals surface area contributed by atoms with Gasteiger partial charge in [0.25, 0.3) is 5.56 Å². The Morgan fingerprint density at radius 2 is 2.25 bits per heavy atom. The van der Waals surface area contributed by atoms with Crippen molar-refractivity contribution in [3.05, 3.63) is 51.7 Å². The zero-order chi connectivity index (χ0) is 11.5. The van der Waals surface area contributed by atoms with Gasteiger partial charge in [0.1, 0.15) is 5.82 Å². The van der Waals surface area contributed by atoms with Crippen molar-refractivity contribution < 1.29 is 5.11 Å². The Balaban J connectivity index is 2.64. The van der Waals surface area contributed by atoms with E-state index in [1.807, 2.05) is 19.1 Å². The van der Waals surface area contributed by atoms with Gasteiger partial charge in [0.15, 0.2) is 0 Å². The minimum absolute atomic E-state index is 0.235. The molecule has 0 saturated carbocycles. The predicted molar refractivity (Wildman–Crippen MR) is 62.5 cm³/mol. The highest BCUT2D eigenvalue weighted by atomic mass is 16.3. The quantitative estimate of drug-likeness (QED) is 0.766. The maximum Gasteiger partial charge on any atom is 0.263 e. The molecule has 0 spiro atoms. The third kappa shape index (κ3) is 1.87. The largest absolute Gasteiger partial charge is 0.391 e. The molecule has 0 bridgehead atoms. The van der Waals surface area contributed by atoms with E-state index in [9.17, 15) is 4.79 Å². The molecule has 0 amide bonds. The fraction of sp³-hybridized carbons (Fsp3) is 0.167. The van der Waals surface area contributed by atoms with Crippen molar-refractivity contribution in [2.75, 3.05) is 0 Å². The number of allylic oxidation sites excluding steroid dienone is 4. The van der Waals surface area contributed by atoms with Crippen molar-refractivity contribution in [3.63, 3.8) is 0 Å². The Morgan fingerprint density at radius 1 is 1.44 bits per heavy atom. The summed E-state index contributed by atoms with van der Waals surface area (Å²) in [4.78, 5) is 16.0. The molecule has 4 heteroatoms. The first-order valence-electron chi connectivity index (χ1n) is 4.97. The van der Waals surface area contributed by atoms with Gasteiger partial charge in [-0.25, -0.2) is 4.98 Å². The molecule has 1 N–H and O–H groups in total. The highest BCUT2D eigenvalue weighted by molar-refractivity contribution is 5.52. The molecule has 1 aromatic heterocycles. The second-order valence-corrected chi connectivity index (χ2v) is 3.56. The zero-order valence-corrected chi connectivity index (χ0v) is 8.92. The number of aromatic nitrogens is 2. The van der Waals surface area contributed by atoms with E-state index in [1.54, 1.807) is 18.4 Å². The first-order valence-corrected chi connectivity index (χ1v) is 4.97. The van der Waals surface area contributed by atoms with Crippen LogP contribution in [0.15, 0.2) is 34.8 Å². The summed E-state index contributed by atoms with van der Waals surface area (Å²) in [6, 6.07) is 0. The highest BCUT2D eigenvalue weighted by Crippen LogP contribution is 2.06. The molecule has 0 unspecified atom stereocenters. The molecule has 0 fully saturated rings. The van der Waals surface area contributed by atoms with Crippen molar-refractivity contribution >= 4 is 12.3 Å². The van der Waals surface area contributed by atoms with Crippen molar-refractivity contribution in [2.45, 2.75) is 13.5 Å². The predicted octanol–water partition coefficient (Wildman–Crippen LogP) is 1.18. The van der Waals surface area contributed by atoms with Crippen molar-refractivity contribution in [3.8, 4) is 0 Å². The van der Waals surface area contributed by atoms with E-state index < -0.39 is 0 Å². The van der Waals surface area contributed by atoms with Gasteiger partial charge in [-0.3, -0.25) is 9.36 Å². The monoisotopic (exact) mass is 216 g/mol. The molecular weight excluding hydrogens is 204 g/mol. The summed E-state index contributed by atoms with van der Waals surface area (Å²) in [5.74, 6) is 0.561. The number of hydrogen-bond donors (Lipinski definition) is 1. The van der Waals surface area contributed by atoms with Gasteiger partial charge in [0.2, 0.25) is 0 Å². The Kier molecular flexibility index (Phi) is 2.83. The molecule has 0 radical (unpaired) electrons. The summed E-state index contributed by atoms with van der Waals surface area (Å²) in [5, 5.41) is 8.98. The molecule has 0 aliphatic carbocycles. The zero-order valence-electron chi connectivity index (χ0n) is 8.92. The molecule has 1 aliphatic rings. The summed E-state index contributed by atoms with van der Waals surface area (Å²) in [7, 11) is 0. The van der Waals surface area contributed by atoms with Crippen LogP contribution in [0.2, 0.25) is 0 Å². The lowest BCUT2D eigenvalue weighted by molar-refractivity contribution is 0.279. The molecule has 1 aliphatic heterocycles. The molecule has 0 saturated heterocycles. The topological polar surface area (TPSA) is 55.1 Å². The van der Waals surface area contributed by atoms with E-state index >= 15 is 0 Å².